The third kappa shape index (κ3) is 6.29. The molecule has 11 heteroatoms. The average molecular weight is 583 g/mol. The van der Waals surface area contributed by atoms with Gasteiger partial charge < -0.3 is 33.7 Å². The van der Waals surface area contributed by atoms with Gasteiger partial charge in [-0.25, -0.2) is 4.39 Å². The standard InChI is InChI=1S/C31H39FN4O6/c1-8-39-24-13-19-16-36(30(33)26(19)27(32)29(24)41-10-3)17-23(37)18-11-21(31(4,5)6)28(38-7)22(12-18)34-15-20-14-25(35-42-20)40-9-2/h11-14,33-34H,8-10,15-17H2,1-7H3. The number of hydrogen-bond donors (Lipinski definition) is 2. The van der Waals surface area contributed by atoms with Crippen LogP contribution in [0.25, 0.3) is 0 Å². The van der Waals surface area contributed by atoms with E-state index < -0.39 is 5.82 Å². The number of nitrogens with zero attached hydrogens (tertiary/aromatic N) is 2. The van der Waals surface area contributed by atoms with Gasteiger partial charge in [0.05, 0.1) is 51.3 Å². The number of methoxy groups -OCH3 is 1. The number of amidine groups is 1. The summed E-state index contributed by atoms with van der Waals surface area (Å²) in [5, 5.41) is 15.9. The second-order valence-electron chi connectivity index (χ2n) is 10.8. The van der Waals surface area contributed by atoms with Crippen molar-refractivity contribution < 1.29 is 32.7 Å². The lowest BCUT2D eigenvalue weighted by atomic mass is 9.84. The van der Waals surface area contributed by atoms with Gasteiger partial charge >= 0.3 is 0 Å². The Kier molecular flexibility index (Phi) is 9.28. The minimum absolute atomic E-state index is 0.0168. The van der Waals surface area contributed by atoms with E-state index in [4.69, 9.17) is 28.9 Å². The maximum Gasteiger partial charge on any atom is 0.254 e. The van der Waals surface area contributed by atoms with E-state index in [0.29, 0.717) is 47.4 Å². The zero-order valence-electron chi connectivity index (χ0n) is 25.3. The molecule has 0 fully saturated rings. The summed E-state index contributed by atoms with van der Waals surface area (Å²) in [4.78, 5) is 15.3. The molecule has 2 aromatic carbocycles. The minimum Gasteiger partial charge on any atom is -0.494 e. The number of ether oxygens (including phenoxy) is 4. The van der Waals surface area contributed by atoms with Crippen LogP contribution in [0.5, 0.6) is 23.1 Å². The highest BCUT2D eigenvalue weighted by atomic mass is 19.1. The van der Waals surface area contributed by atoms with Gasteiger partial charge in [0.15, 0.2) is 28.9 Å². The first-order valence-corrected chi connectivity index (χ1v) is 14.0. The van der Waals surface area contributed by atoms with Gasteiger partial charge in [-0.1, -0.05) is 20.8 Å². The molecule has 3 aromatic rings. The van der Waals surface area contributed by atoms with Crippen molar-refractivity contribution >= 4 is 17.3 Å². The molecule has 0 unspecified atom stereocenters. The van der Waals surface area contributed by atoms with Crippen LogP contribution in [0.1, 0.15) is 74.4 Å². The Balaban J connectivity index is 1.62. The molecule has 42 heavy (non-hydrogen) atoms. The Morgan fingerprint density at radius 3 is 2.43 bits per heavy atom. The first-order chi connectivity index (χ1) is 20.0. The summed E-state index contributed by atoms with van der Waals surface area (Å²) in [5.74, 6) is 0.887. The number of carbonyl (C=O) groups excluding carboxylic acids is 1. The number of halogens is 1. The maximum absolute atomic E-state index is 15.5. The first-order valence-electron chi connectivity index (χ1n) is 14.0. The Morgan fingerprint density at radius 2 is 1.79 bits per heavy atom. The minimum atomic E-state index is -0.649. The van der Waals surface area contributed by atoms with E-state index in [1.165, 1.54) is 0 Å². The quantitative estimate of drug-likeness (QED) is 0.236. The van der Waals surface area contributed by atoms with Crippen molar-refractivity contribution in [2.75, 3.05) is 38.8 Å². The van der Waals surface area contributed by atoms with Gasteiger partial charge in [0.25, 0.3) is 5.88 Å². The third-order valence-corrected chi connectivity index (χ3v) is 6.81. The second kappa shape index (κ2) is 12.7. The zero-order chi connectivity index (χ0) is 30.6. The van der Waals surface area contributed by atoms with E-state index in [9.17, 15) is 4.79 Å². The van der Waals surface area contributed by atoms with Crippen LogP contribution in [-0.4, -0.2) is 55.2 Å². The lowest BCUT2D eigenvalue weighted by Crippen LogP contribution is -2.30. The molecule has 0 saturated heterocycles. The number of rotatable bonds is 13. The summed E-state index contributed by atoms with van der Waals surface area (Å²) in [6.45, 7) is 13.0. The Morgan fingerprint density at radius 1 is 1.07 bits per heavy atom. The summed E-state index contributed by atoms with van der Waals surface area (Å²) in [6, 6.07) is 6.94. The van der Waals surface area contributed by atoms with Crippen LogP contribution in [0.15, 0.2) is 28.8 Å². The number of fused-ring (bicyclic) bond motifs is 1. The molecule has 2 heterocycles. The van der Waals surface area contributed by atoms with E-state index in [1.54, 1.807) is 44.1 Å². The number of carbonyl (C=O) groups is 1. The van der Waals surface area contributed by atoms with Crippen molar-refractivity contribution in [3.8, 4) is 23.1 Å². The summed E-state index contributed by atoms with van der Waals surface area (Å²) >= 11 is 0. The molecule has 2 N–H and O–H groups in total. The predicted molar refractivity (Wildman–Crippen MR) is 157 cm³/mol. The van der Waals surface area contributed by atoms with Gasteiger partial charge in [0.1, 0.15) is 11.6 Å². The zero-order valence-corrected chi connectivity index (χ0v) is 25.3. The molecular formula is C31H39FN4O6. The summed E-state index contributed by atoms with van der Waals surface area (Å²) < 4.78 is 43.1. The molecule has 1 aliphatic rings. The number of anilines is 1. The first kappa shape index (κ1) is 30.7. The van der Waals surface area contributed by atoms with Crippen molar-refractivity contribution in [2.24, 2.45) is 0 Å². The van der Waals surface area contributed by atoms with Crippen LogP contribution >= 0.6 is 0 Å². The molecule has 0 radical (unpaired) electrons. The molecular weight excluding hydrogens is 543 g/mol. The van der Waals surface area contributed by atoms with E-state index in [-0.39, 0.29) is 60.3 Å². The van der Waals surface area contributed by atoms with Crippen molar-refractivity contribution in [2.45, 2.75) is 60.0 Å². The van der Waals surface area contributed by atoms with Crippen LogP contribution in [0.3, 0.4) is 0 Å². The largest absolute Gasteiger partial charge is 0.494 e. The summed E-state index contributed by atoms with van der Waals surface area (Å²) in [6.07, 6.45) is 0. The number of nitrogens with one attached hydrogen (secondary N) is 2. The normalized spacial score (nSPS) is 12.8. The third-order valence-electron chi connectivity index (χ3n) is 6.81. The molecule has 0 amide bonds. The van der Waals surface area contributed by atoms with E-state index in [1.807, 2.05) is 33.8 Å². The fraction of sp³-hybridized carbons (Fsp3) is 0.452. The monoisotopic (exact) mass is 582 g/mol. The molecule has 1 aromatic heterocycles. The van der Waals surface area contributed by atoms with Gasteiger partial charge in [0.2, 0.25) is 0 Å². The lowest BCUT2D eigenvalue weighted by molar-refractivity contribution is 0.0962. The highest BCUT2D eigenvalue weighted by Gasteiger charge is 2.33. The molecule has 4 rings (SSSR count). The molecule has 0 saturated carbocycles. The Hall–Kier alpha value is -4.28. The SMILES string of the molecule is CCOc1cc(CNc2cc(C(=O)CN3Cc4cc(OCC)c(OCC)c(F)c4C3=N)cc(C(C)(C)C)c2OC)on1. The van der Waals surface area contributed by atoms with Crippen molar-refractivity contribution in [1.29, 1.82) is 5.41 Å². The molecule has 226 valence electrons. The number of ketones is 1. The van der Waals surface area contributed by atoms with Crippen molar-refractivity contribution in [3.05, 3.63) is 58.1 Å². The highest BCUT2D eigenvalue weighted by molar-refractivity contribution is 6.06. The van der Waals surface area contributed by atoms with Crippen LogP contribution < -0.4 is 24.3 Å². The molecule has 0 spiro atoms. The van der Waals surface area contributed by atoms with Crippen LogP contribution in [-0.2, 0) is 18.5 Å². The smallest absolute Gasteiger partial charge is 0.254 e. The highest BCUT2D eigenvalue weighted by Crippen LogP contribution is 2.41. The van der Waals surface area contributed by atoms with Gasteiger partial charge in [-0.15, -0.1) is 0 Å². The van der Waals surface area contributed by atoms with Gasteiger partial charge in [-0.05, 0) is 55.1 Å². The van der Waals surface area contributed by atoms with Gasteiger partial charge in [0, 0.05) is 23.7 Å². The van der Waals surface area contributed by atoms with Crippen molar-refractivity contribution in [3.63, 3.8) is 0 Å². The molecule has 1 aliphatic heterocycles. The number of Topliss-reactive ketones (excluding diaryl/α,β-unsaturated/α-hetero) is 1. The number of aromatic nitrogens is 1. The van der Waals surface area contributed by atoms with Crippen LogP contribution in [0.4, 0.5) is 10.1 Å². The second-order valence-corrected chi connectivity index (χ2v) is 10.8. The van der Waals surface area contributed by atoms with E-state index >= 15 is 4.39 Å². The molecule has 0 aliphatic carbocycles. The topological polar surface area (TPSA) is 119 Å². The number of benzene rings is 2. The Bertz CT molecular complexity index is 1460. The lowest BCUT2D eigenvalue weighted by Gasteiger charge is -2.26. The molecule has 0 atom stereocenters. The van der Waals surface area contributed by atoms with E-state index in [0.717, 1.165) is 5.56 Å². The van der Waals surface area contributed by atoms with Crippen LogP contribution in [0.2, 0.25) is 0 Å². The van der Waals surface area contributed by atoms with Crippen LogP contribution in [0, 0.1) is 11.2 Å². The molecule has 10 nitrogen and oxygen atoms in total. The Labute approximate surface area is 245 Å². The van der Waals surface area contributed by atoms with E-state index in [2.05, 4.69) is 10.5 Å². The van der Waals surface area contributed by atoms with Gasteiger partial charge in [-0.2, -0.15) is 0 Å². The fourth-order valence-corrected chi connectivity index (χ4v) is 4.90. The summed E-state index contributed by atoms with van der Waals surface area (Å²) in [5.41, 5.74) is 2.22. The maximum atomic E-state index is 15.5. The predicted octanol–water partition coefficient (Wildman–Crippen LogP) is 5.95. The van der Waals surface area contributed by atoms with Gasteiger partial charge in [-0.3, -0.25) is 10.2 Å². The average Bonchev–Trinajstić information content (AvgIpc) is 3.52. The number of hydrogen-bond acceptors (Lipinski definition) is 9. The fourth-order valence-electron chi connectivity index (χ4n) is 4.90. The van der Waals surface area contributed by atoms with Crippen molar-refractivity contribution in [1.82, 2.24) is 10.1 Å². The summed E-state index contributed by atoms with van der Waals surface area (Å²) in [7, 11) is 1.59. The molecule has 0 bridgehead atoms.